The Balaban J connectivity index is 3.77. The second-order valence-electron chi connectivity index (χ2n) is 7.10. The van der Waals surface area contributed by atoms with Crippen molar-refractivity contribution in [1.82, 2.24) is 0 Å². The van der Waals surface area contributed by atoms with Crippen molar-refractivity contribution in [2.24, 2.45) is 17.8 Å². The Morgan fingerprint density at radius 3 is 2.00 bits per heavy atom. The van der Waals surface area contributed by atoms with Gasteiger partial charge in [-0.2, -0.15) is 0 Å². The van der Waals surface area contributed by atoms with Gasteiger partial charge in [0.05, 0.1) is 12.7 Å². The Hall–Kier alpha value is -0.380. The predicted octanol–water partition coefficient (Wildman–Crippen LogP) is 3.92. The second-order valence-corrected chi connectivity index (χ2v) is 7.10. The molecule has 132 valence electrons. The van der Waals surface area contributed by atoms with E-state index in [1.165, 1.54) is 32.1 Å². The van der Waals surface area contributed by atoms with E-state index in [1.807, 2.05) is 6.08 Å². The first-order valence-electron chi connectivity index (χ1n) is 9.00. The average Bonchev–Trinajstić information content (AvgIpc) is 2.51. The maximum absolute atomic E-state index is 9.68. The topological polar surface area (TPSA) is 60.7 Å². The minimum absolute atomic E-state index is 0.366. The van der Waals surface area contributed by atoms with Gasteiger partial charge in [0.2, 0.25) is 0 Å². The number of unbranched alkanes of at least 4 members (excludes halogenated alkanes) is 1. The van der Waals surface area contributed by atoms with Gasteiger partial charge in [-0.25, -0.2) is 0 Å². The van der Waals surface area contributed by atoms with Gasteiger partial charge in [0.1, 0.15) is 6.10 Å². The summed E-state index contributed by atoms with van der Waals surface area (Å²) in [6.45, 7) is 10.2. The van der Waals surface area contributed by atoms with Crippen LogP contribution in [0.3, 0.4) is 0 Å². The highest BCUT2D eigenvalue weighted by Crippen LogP contribution is 2.25. The summed E-state index contributed by atoms with van der Waals surface area (Å²) in [5.41, 5.74) is 0. The molecule has 0 aromatic rings. The van der Waals surface area contributed by atoms with Crippen molar-refractivity contribution < 1.29 is 15.3 Å². The highest BCUT2D eigenvalue weighted by molar-refractivity contribution is 4.71. The molecule has 5 unspecified atom stereocenters. The Morgan fingerprint density at radius 1 is 0.818 bits per heavy atom. The fraction of sp³-hybridized carbons (Fsp3) is 0.895. The van der Waals surface area contributed by atoms with Gasteiger partial charge in [-0.1, -0.05) is 52.5 Å². The van der Waals surface area contributed by atoms with Gasteiger partial charge in [-0.05, 0) is 43.4 Å². The zero-order valence-corrected chi connectivity index (χ0v) is 14.9. The lowest BCUT2D eigenvalue weighted by atomic mass is 9.85. The van der Waals surface area contributed by atoms with Gasteiger partial charge in [0.25, 0.3) is 0 Å². The number of aliphatic hydroxyl groups excluding tert-OH is 3. The van der Waals surface area contributed by atoms with Gasteiger partial charge in [-0.3, -0.25) is 0 Å². The Bertz CT molecular complexity index is 267. The molecule has 0 aliphatic heterocycles. The molecule has 0 spiro atoms. The molecule has 3 heteroatoms. The average molecular weight is 315 g/mol. The van der Waals surface area contributed by atoms with E-state index in [0.717, 1.165) is 18.8 Å². The molecule has 0 fully saturated rings. The van der Waals surface area contributed by atoms with E-state index in [-0.39, 0.29) is 6.61 Å². The number of aliphatic hydroxyl groups is 3. The van der Waals surface area contributed by atoms with E-state index >= 15 is 0 Å². The fourth-order valence-electron chi connectivity index (χ4n) is 2.86. The molecular weight excluding hydrogens is 276 g/mol. The smallest absolute Gasteiger partial charge is 0.103 e. The maximum Gasteiger partial charge on any atom is 0.103 e. The van der Waals surface area contributed by atoms with Gasteiger partial charge in [-0.15, -0.1) is 6.58 Å². The predicted molar refractivity (Wildman–Crippen MR) is 93.7 cm³/mol. The Kier molecular flexibility index (Phi) is 12.9. The normalized spacial score (nSPS) is 18.5. The molecule has 0 aromatic carbocycles. The summed E-state index contributed by atoms with van der Waals surface area (Å²) in [4.78, 5) is 0. The lowest BCUT2D eigenvalue weighted by Crippen LogP contribution is -2.29. The third-order valence-corrected chi connectivity index (χ3v) is 4.98. The van der Waals surface area contributed by atoms with Crippen molar-refractivity contribution in [2.75, 3.05) is 6.61 Å². The Morgan fingerprint density at radius 2 is 1.41 bits per heavy atom. The van der Waals surface area contributed by atoms with E-state index < -0.39 is 12.2 Å². The van der Waals surface area contributed by atoms with Crippen molar-refractivity contribution >= 4 is 0 Å². The van der Waals surface area contributed by atoms with E-state index in [2.05, 4.69) is 27.4 Å². The van der Waals surface area contributed by atoms with Crippen LogP contribution in [-0.4, -0.2) is 34.1 Å². The minimum atomic E-state index is -1.00. The SMILES string of the molecule is C=CCCCC(C)CCCC(C)C(C)CCC(O)C(O)CO. The lowest BCUT2D eigenvalue weighted by Gasteiger charge is -2.23. The Labute approximate surface area is 137 Å². The summed E-state index contributed by atoms with van der Waals surface area (Å²) in [5.74, 6) is 1.97. The summed E-state index contributed by atoms with van der Waals surface area (Å²) in [6, 6.07) is 0. The van der Waals surface area contributed by atoms with E-state index in [9.17, 15) is 10.2 Å². The monoisotopic (exact) mass is 314 g/mol. The summed E-state index contributed by atoms with van der Waals surface area (Å²) >= 11 is 0. The number of allylic oxidation sites excluding steroid dienone is 1. The van der Waals surface area contributed by atoms with Crippen molar-refractivity contribution in [1.29, 1.82) is 0 Å². The van der Waals surface area contributed by atoms with E-state index in [4.69, 9.17) is 5.11 Å². The zero-order chi connectivity index (χ0) is 17.0. The first-order chi connectivity index (χ1) is 10.4. The molecule has 0 heterocycles. The van der Waals surface area contributed by atoms with Crippen LogP contribution in [0.25, 0.3) is 0 Å². The molecule has 0 saturated carbocycles. The van der Waals surface area contributed by atoms with E-state index in [0.29, 0.717) is 18.3 Å². The van der Waals surface area contributed by atoms with Gasteiger partial charge in [0.15, 0.2) is 0 Å². The van der Waals surface area contributed by atoms with Crippen LogP contribution in [0, 0.1) is 17.8 Å². The number of rotatable bonds is 14. The molecule has 0 aliphatic carbocycles. The van der Waals surface area contributed by atoms with Crippen LogP contribution in [0.1, 0.15) is 72.1 Å². The molecule has 0 saturated heterocycles. The second kappa shape index (κ2) is 13.1. The van der Waals surface area contributed by atoms with Gasteiger partial charge in [0, 0.05) is 0 Å². The molecule has 0 bridgehead atoms. The first kappa shape index (κ1) is 21.6. The third kappa shape index (κ3) is 10.4. The van der Waals surface area contributed by atoms with Crippen molar-refractivity contribution in [3.8, 4) is 0 Å². The quantitative estimate of drug-likeness (QED) is 0.336. The summed E-state index contributed by atoms with van der Waals surface area (Å²) in [5, 5.41) is 27.9. The largest absolute Gasteiger partial charge is 0.394 e. The molecule has 5 atom stereocenters. The van der Waals surface area contributed by atoms with Crippen LogP contribution in [0.4, 0.5) is 0 Å². The van der Waals surface area contributed by atoms with Gasteiger partial charge >= 0.3 is 0 Å². The van der Waals surface area contributed by atoms with Crippen LogP contribution in [0.5, 0.6) is 0 Å². The molecule has 0 aromatic heterocycles. The van der Waals surface area contributed by atoms with Crippen molar-refractivity contribution in [3.63, 3.8) is 0 Å². The number of hydrogen-bond acceptors (Lipinski definition) is 3. The molecule has 0 rings (SSSR count). The lowest BCUT2D eigenvalue weighted by molar-refractivity contribution is -0.0207. The van der Waals surface area contributed by atoms with Crippen LogP contribution >= 0.6 is 0 Å². The molecule has 0 radical (unpaired) electrons. The highest BCUT2D eigenvalue weighted by Gasteiger charge is 2.18. The summed E-state index contributed by atoms with van der Waals surface area (Å²) in [6.07, 6.45) is 9.11. The third-order valence-electron chi connectivity index (χ3n) is 4.98. The van der Waals surface area contributed by atoms with Gasteiger partial charge < -0.3 is 15.3 Å². The zero-order valence-electron chi connectivity index (χ0n) is 14.9. The van der Waals surface area contributed by atoms with Crippen LogP contribution in [0.2, 0.25) is 0 Å². The molecular formula is C19H38O3. The molecule has 0 amide bonds. The first-order valence-corrected chi connectivity index (χ1v) is 9.00. The number of hydrogen-bond donors (Lipinski definition) is 3. The van der Waals surface area contributed by atoms with Crippen LogP contribution < -0.4 is 0 Å². The molecule has 3 N–H and O–H groups in total. The fourth-order valence-corrected chi connectivity index (χ4v) is 2.86. The maximum atomic E-state index is 9.68. The van der Waals surface area contributed by atoms with E-state index in [1.54, 1.807) is 0 Å². The van der Waals surface area contributed by atoms with Crippen molar-refractivity contribution in [2.45, 2.75) is 84.3 Å². The standard InChI is InChI=1S/C19H38O3/c1-5-6-7-9-15(2)10-8-11-16(3)17(4)12-13-18(21)19(22)14-20/h5,15-22H,1,6-14H2,2-4H3. The molecule has 22 heavy (non-hydrogen) atoms. The molecule has 0 aliphatic rings. The summed E-state index contributed by atoms with van der Waals surface area (Å²) in [7, 11) is 0. The van der Waals surface area contributed by atoms with Crippen LogP contribution in [0.15, 0.2) is 12.7 Å². The summed E-state index contributed by atoms with van der Waals surface area (Å²) < 4.78 is 0. The van der Waals surface area contributed by atoms with Crippen LogP contribution in [-0.2, 0) is 0 Å². The molecule has 3 nitrogen and oxygen atoms in total. The minimum Gasteiger partial charge on any atom is -0.394 e. The van der Waals surface area contributed by atoms with Crippen molar-refractivity contribution in [3.05, 3.63) is 12.7 Å². The highest BCUT2D eigenvalue weighted by atomic mass is 16.4.